The summed E-state index contributed by atoms with van der Waals surface area (Å²) in [5.41, 5.74) is 0.944. The second-order valence-corrected chi connectivity index (χ2v) is 8.43. The maximum absolute atomic E-state index is 13.6. The maximum atomic E-state index is 13.6. The van der Waals surface area contributed by atoms with Gasteiger partial charge in [0.15, 0.2) is 15.8 Å². The zero-order valence-electron chi connectivity index (χ0n) is 16.0. The van der Waals surface area contributed by atoms with Crippen LogP contribution in [0.5, 0.6) is 0 Å². The molecule has 10 heteroatoms. The topological polar surface area (TPSA) is 70.6 Å². The predicted octanol–water partition coefficient (Wildman–Crippen LogP) is 3.17. The highest BCUT2D eigenvalue weighted by Crippen LogP contribution is 2.15. The molecule has 0 fully saturated rings. The Bertz CT molecular complexity index is 949. The van der Waals surface area contributed by atoms with Crippen molar-refractivity contribution in [3.05, 3.63) is 70.5 Å². The molecule has 0 saturated heterocycles. The Balaban J connectivity index is 0.00000420. The number of nitrogens with one attached hydrogen (secondary N) is 2. The summed E-state index contributed by atoms with van der Waals surface area (Å²) < 4.78 is 64.0. The van der Waals surface area contributed by atoms with Crippen molar-refractivity contribution in [2.75, 3.05) is 19.8 Å². The highest BCUT2D eigenvalue weighted by atomic mass is 127. The van der Waals surface area contributed by atoms with E-state index in [1.165, 1.54) is 43.4 Å². The molecule has 0 heterocycles. The molecular weight excluding hydrogens is 518 g/mol. The summed E-state index contributed by atoms with van der Waals surface area (Å²) >= 11 is 0. The van der Waals surface area contributed by atoms with Crippen molar-refractivity contribution in [1.29, 1.82) is 0 Å². The molecule has 2 aromatic rings. The van der Waals surface area contributed by atoms with Crippen LogP contribution < -0.4 is 10.6 Å². The molecule has 0 aliphatic carbocycles. The Morgan fingerprint density at radius 1 is 1.03 bits per heavy atom. The van der Waals surface area contributed by atoms with Crippen LogP contribution in [0.2, 0.25) is 0 Å². The molecular formula is C19H23F3IN3O2S. The fraction of sp³-hybridized carbons (Fsp3) is 0.316. The Morgan fingerprint density at radius 2 is 1.69 bits per heavy atom. The molecule has 0 radical (unpaired) electrons. The lowest BCUT2D eigenvalue weighted by atomic mass is 10.1. The molecule has 2 rings (SSSR count). The van der Waals surface area contributed by atoms with Gasteiger partial charge in [0.2, 0.25) is 0 Å². The van der Waals surface area contributed by atoms with Gasteiger partial charge in [-0.05, 0) is 41.8 Å². The van der Waals surface area contributed by atoms with E-state index in [-0.39, 0.29) is 54.8 Å². The number of benzene rings is 2. The molecule has 2 N–H and O–H groups in total. The van der Waals surface area contributed by atoms with Gasteiger partial charge >= 0.3 is 0 Å². The second kappa shape index (κ2) is 11.4. The van der Waals surface area contributed by atoms with Crippen molar-refractivity contribution in [2.24, 2.45) is 4.99 Å². The van der Waals surface area contributed by atoms with Gasteiger partial charge in [-0.2, -0.15) is 0 Å². The summed E-state index contributed by atoms with van der Waals surface area (Å²) in [4.78, 5) is 4.00. The average Bonchev–Trinajstić information content (AvgIpc) is 2.61. The van der Waals surface area contributed by atoms with Gasteiger partial charge in [0, 0.05) is 32.0 Å². The highest BCUT2D eigenvalue weighted by Gasteiger charge is 2.12. The molecule has 2 aromatic carbocycles. The molecule has 0 aliphatic rings. The van der Waals surface area contributed by atoms with E-state index >= 15 is 0 Å². The zero-order valence-corrected chi connectivity index (χ0v) is 19.2. The third-order valence-corrected chi connectivity index (χ3v) is 4.82. The van der Waals surface area contributed by atoms with Crippen molar-refractivity contribution in [1.82, 2.24) is 10.6 Å². The van der Waals surface area contributed by atoms with Crippen molar-refractivity contribution >= 4 is 39.8 Å². The molecule has 0 aliphatic heterocycles. The van der Waals surface area contributed by atoms with Crippen molar-refractivity contribution in [2.45, 2.75) is 18.7 Å². The van der Waals surface area contributed by atoms with E-state index in [0.717, 1.165) is 6.26 Å². The van der Waals surface area contributed by atoms with Crippen LogP contribution in [0.3, 0.4) is 0 Å². The standard InChI is InChI=1S/C19H22F3N3O2S.HI/c1-23-19(24-9-8-16-17(21)4-3-5-18(16)22)25-11-14-10-15(20)7-6-13(14)12-28(2,26)27;/h3-7,10H,8-9,11-12H2,1-2H3,(H2,23,24,25);1H. The van der Waals surface area contributed by atoms with Gasteiger partial charge in [-0.25, -0.2) is 21.6 Å². The number of halogens is 4. The number of hydrogen-bond acceptors (Lipinski definition) is 3. The summed E-state index contributed by atoms with van der Waals surface area (Å²) in [5, 5.41) is 5.86. The van der Waals surface area contributed by atoms with Gasteiger partial charge in [0.05, 0.1) is 5.75 Å². The lowest BCUT2D eigenvalue weighted by molar-refractivity contribution is 0.553. The molecule has 0 bridgehead atoms. The van der Waals surface area contributed by atoms with Gasteiger partial charge in [-0.1, -0.05) is 12.1 Å². The van der Waals surface area contributed by atoms with Crippen LogP contribution >= 0.6 is 24.0 Å². The first-order valence-electron chi connectivity index (χ1n) is 8.52. The SMILES string of the molecule is CN=C(NCCc1c(F)cccc1F)NCc1cc(F)ccc1CS(C)(=O)=O.I. The largest absolute Gasteiger partial charge is 0.356 e. The first-order chi connectivity index (χ1) is 13.2. The van der Waals surface area contributed by atoms with Crippen LogP contribution in [-0.2, 0) is 28.6 Å². The normalized spacial score (nSPS) is 11.7. The molecule has 0 unspecified atom stereocenters. The first kappa shape index (κ1) is 25.2. The highest BCUT2D eigenvalue weighted by molar-refractivity contribution is 14.0. The Labute approximate surface area is 185 Å². The Kier molecular flexibility index (Phi) is 9.90. The predicted molar refractivity (Wildman–Crippen MR) is 119 cm³/mol. The van der Waals surface area contributed by atoms with E-state index in [1.807, 2.05) is 0 Å². The van der Waals surface area contributed by atoms with Gasteiger partial charge < -0.3 is 10.6 Å². The maximum Gasteiger partial charge on any atom is 0.191 e. The van der Waals surface area contributed by atoms with E-state index < -0.39 is 27.3 Å². The number of guanidine groups is 1. The molecule has 0 amide bonds. The smallest absolute Gasteiger partial charge is 0.191 e. The zero-order chi connectivity index (χ0) is 20.7. The third kappa shape index (κ3) is 8.21. The first-order valence-corrected chi connectivity index (χ1v) is 10.6. The van der Waals surface area contributed by atoms with Crippen LogP contribution in [-0.4, -0.2) is 34.2 Å². The molecule has 160 valence electrons. The second-order valence-electron chi connectivity index (χ2n) is 6.29. The third-order valence-electron chi connectivity index (χ3n) is 3.99. The summed E-state index contributed by atoms with van der Waals surface area (Å²) in [6.45, 7) is 0.354. The van der Waals surface area contributed by atoms with Crippen LogP contribution in [0.15, 0.2) is 41.4 Å². The summed E-state index contributed by atoms with van der Waals surface area (Å²) in [6, 6.07) is 7.59. The fourth-order valence-corrected chi connectivity index (χ4v) is 3.51. The molecule has 0 atom stereocenters. The van der Waals surface area contributed by atoms with Crippen molar-refractivity contribution < 1.29 is 21.6 Å². The minimum absolute atomic E-state index is 0. The van der Waals surface area contributed by atoms with Gasteiger partial charge in [-0.15, -0.1) is 24.0 Å². The summed E-state index contributed by atoms with van der Waals surface area (Å²) in [7, 11) is -1.76. The quantitative estimate of drug-likeness (QED) is 0.321. The molecule has 29 heavy (non-hydrogen) atoms. The number of hydrogen-bond donors (Lipinski definition) is 2. The lowest BCUT2D eigenvalue weighted by Crippen LogP contribution is -2.38. The summed E-state index contributed by atoms with van der Waals surface area (Å²) in [5.74, 6) is -1.58. The van der Waals surface area contributed by atoms with Crippen LogP contribution in [0, 0.1) is 17.5 Å². The fourth-order valence-electron chi connectivity index (χ4n) is 2.66. The van der Waals surface area contributed by atoms with Crippen LogP contribution in [0.25, 0.3) is 0 Å². The molecule has 0 aromatic heterocycles. The van der Waals surface area contributed by atoms with E-state index in [2.05, 4.69) is 15.6 Å². The van der Waals surface area contributed by atoms with E-state index in [1.54, 1.807) is 0 Å². The van der Waals surface area contributed by atoms with Gasteiger partial charge in [0.25, 0.3) is 0 Å². The average molecular weight is 541 g/mol. The number of sulfone groups is 1. The lowest BCUT2D eigenvalue weighted by Gasteiger charge is -2.14. The van der Waals surface area contributed by atoms with E-state index in [9.17, 15) is 21.6 Å². The van der Waals surface area contributed by atoms with E-state index in [4.69, 9.17) is 0 Å². The summed E-state index contributed by atoms with van der Waals surface area (Å²) in [6.07, 6.45) is 1.22. The minimum Gasteiger partial charge on any atom is -0.356 e. The molecule has 0 saturated carbocycles. The monoisotopic (exact) mass is 541 g/mol. The minimum atomic E-state index is -3.28. The van der Waals surface area contributed by atoms with Gasteiger partial charge in [0.1, 0.15) is 17.5 Å². The van der Waals surface area contributed by atoms with Crippen molar-refractivity contribution in [3.8, 4) is 0 Å². The van der Waals surface area contributed by atoms with Crippen molar-refractivity contribution in [3.63, 3.8) is 0 Å². The Hall–Kier alpha value is -1.82. The van der Waals surface area contributed by atoms with Crippen LogP contribution in [0.4, 0.5) is 13.2 Å². The van der Waals surface area contributed by atoms with Gasteiger partial charge in [-0.3, -0.25) is 4.99 Å². The number of aliphatic imine (C=N–C) groups is 1. The van der Waals surface area contributed by atoms with Crippen LogP contribution in [0.1, 0.15) is 16.7 Å². The van der Waals surface area contributed by atoms with E-state index in [0.29, 0.717) is 17.1 Å². The number of nitrogens with zero attached hydrogens (tertiary/aromatic N) is 1. The number of rotatable bonds is 7. The molecule has 5 nitrogen and oxygen atoms in total. The molecule has 0 spiro atoms. The Morgan fingerprint density at radius 3 is 2.28 bits per heavy atom.